The van der Waals surface area contributed by atoms with Crippen molar-refractivity contribution in [3.63, 3.8) is 0 Å². The second kappa shape index (κ2) is 11.5. The molecule has 180 valence electrons. The number of carbonyl (C=O) groups is 1. The Bertz CT molecular complexity index is 1020. The molecule has 4 rings (SSSR count). The van der Waals surface area contributed by atoms with Crippen LogP contribution in [0.3, 0.4) is 0 Å². The fourth-order valence-corrected chi connectivity index (χ4v) is 5.63. The molecule has 2 fully saturated rings. The van der Waals surface area contributed by atoms with Crippen molar-refractivity contribution in [1.29, 1.82) is 0 Å². The summed E-state index contributed by atoms with van der Waals surface area (Å²) in [5, 5.41) is 0. The van der Waals surface area contributed by atoms with Crippen LogP contribution in [-0.2, 0) is 0 Å². The van der Waals surface area contributed by atoms with E-state index in [4.69, 9.17) is 9.47 Å². The van der Waals surface area contributed by atoms with E-state index in [0.717, 1.165) is 17.8 Å². The molecule has 2 aromatic rings. The van der Waals surface area contributed by atoms with Crippen LogP contribution in [0.15, 0.2) is 66.8 Å². The first-order chi connectivity index (χ1) is 16.6. The van der Waals surface area contributed by atoms with Gasteiger partial charge in [-0.15, -0.1) is 0 Å². The predicted octanol–water partition coefficient (Wildman–Crippen LogP) is 7.88. The third-order valence-corrected chi connectivity index (χ3v) is 7.42. The normalized spacial score (nSPS) is 24.8. The first kappa shape index (κ1) is 24.3. The molecule has 4 heteroatoms. The van der Waals surface area contributed by atoms with Crippen molar-refractivity contribution in [3.8, 4) is 11.5 Å². The number of rotatable bonds is 7. The van der Waals surface area contributed by atoms with Crippen molar-refractivity contribution in [1.82, 2.24) is 0 Å². The van der Waals surface area contributed by atoms with Crippen LogP contribution in [0.4, 0.5) is 4.39 Å². The average molecular weight is 463 g/mol. The number of hydrogen-bond donors (Lipinski definition) is 0. The number of ether oxygens (including phenoxy) is 2. The number of carbonyl (C=O) groups excluding carboxylic acids is 1. The summed E-state index contributed by atoms with van der Waals surface area (Å²) >= 11 is 0. The summed E-state index contributed by atoms with van der Waals surface area (Å²) in [4.78, 5) is 12.6. The van der Waals surface area contributed by atoms with Crippen molar-refractivity contribution >= 4 is 5.97 Å². The lowest BCUT2D eigenvalue weighted by Gasteiger charge is -2.41. The van der Waals surface area contributed by atoms with Crippen molar-refractivity contribution < 1.29 is 18.7 Å². The number of allylic oxidation sites excluding steroid dienone is 3. The quantitative estimate of drug-likeness (QED) is 0.238. The van der Waals surface area contributed by atoms with Gasteiger partial charge in [0.15, 0.2) is 11.6 Å². The summed E-state index contributed by atoms with van der Waals surface area (Å²) in [5.41, 5.74) is 1.78. The van der Waals surface area contributed by atoms with E-state index in [9.17, 15) is 9.18 Å². The summed E-state index contributed by atoms with van der Waals surface area (Å²) in [6, 6.07) is 12.0. The van der Waals surface area contributed by atoms with Gasteiger partial charge in [-0.2, -0.15) is 0 Å². The Morgan fingerprint density at radius 3 is 2.47 bits per heavy atom. The lowest BCUT2D eigenvalue weighted by atomic mass is 9.64. The molecule has 2 saturated carbocycles. The van der Waals surface area contributed by atoms with E-state index in [-0.39, 0.29) is 18.1 Å². The van der Waals surface area contributed by atoms with Crippen molar-refractivity contribution in [2.24, 2.45) is 17.8 Å². The molecule has 2 aliphatic carbocycles. The van der Waals surface area contributed by atoms with Crippen LogP contribution in [0, 0.1) is 23.6 Å². The number of halogens is 1. The highest BCUT2D eigenvalue weighted by atomic mass is 19.1. The molecule has 0 heterocycles. The van der Waals surface area contributed by atoms with Crippen LogP contribution in [0.2, 0.25) is 0 Å². The van der Waals surface area contributed by atoms with Gasteiger partial charge in [0.2, 0.25) is 0 Å². The predicted molar refractivity (Wildman–Crippen MR) is 134 cm³/mol. The monoisotopic (exact) mass is 462 g/mol. The number of fused-ring (bicyclic) bond motifs is 1. The standard InChI is InChI=1S/C30H35FO3/c1-3-5-17-33-29-16-15-27(20-28(29)31)34-30(32)23-11-9-22(10-12-23)25-14-13-24-18-21(6-4-2)7-8-26(24)19-25/h3-6,9-12,15-16,20-21,24-26H,7-8,13-14,17-19H2,1-2H3/b5-3+,6-4+. The molecule has 0 aromatic heterocycles. The maximum Gasteiger partial charge on any atom is 0.343 e. The molecule has 2 aromatic carbocycles. The van der Waals surface area contributed by atoms with E-state index in [1.807, 2.05) is 25.1 Å². The Morgan fingerprint density at radius 2 is 1.74 bits per heavy atom. The molecule has 34 heavy (non-hydrogen) atoms. The number of esters is 1. The zero-order chi connectivity index (χ0) is 23.9. The highest BCUT2D eigenvalue weighted by molar-refractivity contribution is 5.91. The molecule has 4 unspecified atom stereocenters. The Labute approximate surface area is 202 Å². The fourth-order valence-electron chi connectivity index (χ4n) is 5.63. The molecule has 0 aliphatic heterocycles. The van der Waals surface area contributed by atoms with Crippen molar-refractivity contribution in [3.05, 3.63) is 83.7 Å². The molecule has 4 atom stereocenters. The summed E-state index contributed by atoms with van der Waals surface area (Å²) in [6.45, 7) is 4.28. The minimum atomic E-state index is -0.555. The van der Waals surface area contributed by atoms with E-state index in [1.54, 1.807) is 12.1 Å². The maximum absolute atomic E-state index is 14.2. The van der Waals surface area contributed by atoms with Gasteiger partial charge < -0.3 is 9.47 Å². The van der Waals surface area contributed by atoms with E-state index >= 15 is 0 Å². The Morgan fingerprint density at radius 1 is 0.971 bits per heavy atom. The average Bonchev–Trinajstić information content (AvgIpc) is 2.85. The van der Waals surface area contributed by atoms with Gasteiger partial charge in [0.05, 0.1) is 5.56 Å². The third kappa shape index (κ3) is 5.97. The lowest BCUT2D eigenvalue weighted by Crippen LogP contribution is -2.30. The molecule has 0 N–H and O–H groups in total. The molecule has 0 radical (unpaired) electrons. The van der Waals surface area contributed by atoms with Crippen molar-refractivity contribution in [2.45, 2.75) is 58.3 Å². The summed E-state index contributed by atoms with van der Waals surface area (Å²) in [5.74, 6) is 2.27. The second-order valence-corrected chi connectivity index (χ2v) is 9.61. The summed E-state index contributed by atoms with van der Waals surface area (Å²) < 4.78 is 25.0. The van der Waals surface area contributed by atoms with Crippen LogP contribution in [0.1, 0.15) is 74.2 Å². The van der Waals surface area contributed by atoms with E-state index in [1.165, 1.54) is 56.2 Å². The second-order valence-electron chi connectivity index (χ2n) is 9.61. The zero-order valence-corrected chi connectivity index (χ0v) is 20.2. The molecule has 0 spiro atoms. The maximum atomic E-state index is 14.2. The Balaban J connectivity index is 1.33. The van der Waals surface area contributed by atoms with Gasteiger partial charge in [-0.25, -0.2) is 9.18 Å². The van der Waals surface area contributed by atoms with Crippen LogP contribution >= 0.6 is 0 Å². The SMILES string of the molecule is C/C=C/COc1ccc(OC(=O)c2ccc(C3CCC4CC(/C=C/C)CCC4C3)cc2)cc1F. The first-order valence-electron chi connectivity index (χ1n) is 12.6. The van der Waals surface area contributed by atoms with Crippen LogP contribution in [0.5, 0.6) is 11.5 Å². The molecule has 0 amide bonds. The summed E-state index contributed by atoms with van der Waals surface area (Å²) in [6.07, 6.45) is 16.0. The molecule has 2 aliphatic rings. The molecule has 0 bridgehead atoms. The minimum absolute atomic E-state index is 0.132. The molecule has 0 saturated heterocycles. The van der Waals surface area contributed by atoms with E-state index in [2.05, 4.69) is 31.2 Å². The Hall–Kier alpha value is -2.88. The van der Waals surface area contributed by atoms with Crippen LogP contribution < -0.4 is 9.47 Å². The zero-order valence-electron chi connectivity index (χ0n) is 20.2. The van der Waals surface area contributed by atoms with Gasteiger partial charge in [0.25, 0.3) is 0 Å². The third-order valence-electron chi connectivity index (χ3n) is 7.42. The van der Waals surface area contributed by atoms with Gasteiger partial charge >= 0.3 is 5.97 Å². The first-order valence-corrected chi connectivity index (χ1v) is 12.6. The van der Waals surface area contributed by atoms with Gasteiger partial charge in [0.1, 0.15) is 12.4 Å². The smallest absolute Gasteiger partial charge is 0.343 e. The Kier molecular flexibility index (Phi) is 8.21. The van der Waals surface area contributed by atoms with Gasteiger partial charge in [0, 0.05) is 6.07 Å². The van der Waals surface area contributed by atoms with Gasteiger partial charge in [-0.05, 0) is 106 Å². The lowest BCUT2D eigenvalue weighted by molar-refractivity contribution is 0.0734. The van der Waals surface area contributed by atoms with Crippen LogP contribution in [-0.4, -0.2) is 12.6 Å². The van der Waals surface area contributed by atoms with Gasteiger partial charge in [-0.3, -0.25) is 0 Å². The number of hydrogen-bond acceptors (Lipinski definition) is 3. The van der Waals surface area contributed by atoms with Crippen molar-refractivity contribution in [2.75, 3.05) is 6.61 Å². The molecular weight excluding hydrogens is 427 g/mol. The van der Waals surface area contributed by atoms with E-state index < -0.39 is 11.8 Å². The molecular formula is C30H35FO3. The molecule has 3 nitrogen and oxygen atoms in total. The highest BCUT2D eigenvalue weighted by Gasteiger charge is 2.35. The fraction of sp³-hybridized carbons (Fsp3) is 0.433. The highest BCUT2D eigenvalue weighted by Crippen LogP contribution is 2.47. The largest absolute Gasteiger partial charge is 0.486 e. The number of benzene rings is 2. The minimum Gasteiger partial charge on any atom is -0.486 e. The van der Waals surface area contributed by atoms with E-state index in [0.29, 0.717) is 11.5 Å². The van der Waals surface area contributed by atoms with Crippen LogP contribution in [0.25, 0.3) is 0 Å². The topological polar surface area (TPSA) is 35.5 Å². The summed E-state index contributed by atoms with van der Waals surface area (Å²) in [7, 11) is 0. The van der Waals surface area contributed by atoms with Gasteiger partial charge in [-0.1, -0.05) is 36.4 Å².